The summed E-state index contributed by atoms with van der Waals surface area (Å²) >= 11 is 13.8. The van der Waals surface area contributed by atoms with E-state index in [0.29, 0.717) is 22.2 Å². The standard InChI is InChI=1S/C18H13Cl2N5S/c19-12-4-3-5-13(10-12)21-16-8-9-17-22-23-18(25(17)24-16)11-26-15-7-2-1-6-14(15)20/h1-10H,11H2,(H,21,24). The number of rotatable bonds is 5. The highest BCUT2D eigenvalue weighted by atomic mass is 35.5. The maximum Gasteiger partial charge on any atom is 0.178 e. The topological polar surface area (TPSA) is 55.1 Å². The third kappa shape index (κ3) is 3.77. The number of hydrogen-bond donors (Lipinski definition) is 1. The van der Waals surface area contributed by atoms with Crippen molar-refractivity contribution in [2.45, 2.75) is 10.6 Å². The number of anilines is 2. The number of thioether (sulfide) groups is 1. The van der Waals surface area contributed by atoms with Crippen molar-refractivity contribution < 1.29 is 0 Å². The van der Waals surface area contributed by atoms with Crippen LogP contribution in [0.2, 0.25) is 10.0 Å². The molecule has 2 aromatic carbocycles. The van der Waals surface area contributed by atoms with Gasteiger partial charge in [0.05, 0.1) is 10.8 Å². The van der Waals surface area contributed by atoms with Gasteiger partial charge in [0.25, 0.3) is 0 Å². The van der Waals surface area contributed by atoms with Crippen LogP contribution in [0, 0.1) is 0 Å². The van der Waals surface area contributed by atoms with Gasteiger partial charge in [0.1, 0.15) is 0 Å². The van der Waals surface area contributed by atoms with Gasteiger partial charge in [-0.1, -0.05) is 41.4 Å². The summed E-state index contributed by atoms with van der Waals surface area (Å²) in [5, 5.41) is 17.6. The first-order chi connectivity index (χ1) is 12.7. The van der Waals surface area contributed by atoms with Gasteiger partial charge in [-0.2, -0.15) is 4.52 Å². The Balaban J connectivity index is 1.57. The molecule has 0 saturated heterocycles. The lowest BCUT2D eigenvalue weighted by Crippen LogP contribution is -2.02. The van der Waals surface area contributed by atoms with Gasteiger partial charge in [0, 0.05) is 15.6 Å². The number of hydrogen-bond acceptors (Lipinski definition) is 5. The number of nitrogens with zero attached hydrogens (tertiary/aromatic N) is 4. The Labute approximate surface area is 164 Å². The van der Waals surface area contributed by atoms with E-state index < -0.39 is 0 Å². The predicted octanol–water partition coefficient (Wildman–Crippen LogP) is 5.47. The van der Waals surface area contributed by atoms with Crippen molar-refractivity contribution in [2.24, 2.45) is 0 Å². The molecule has 1 N–H and O–H groups in total. The molecule has 0 unspecified atom stereocenters. The average Bonchev–Trinajstić information content (AvgIpc) is 3.03. The lowest BCUT2D eigenvalue weighted by atomic mass is 10.3. The summed E-state index contributed by atoms with van der Waals surface area (Å²) in [6.45, 7) is 0. The number of benzene rings is 2. The van der Waals surface area contributed by atoms with Crippen LogP contribution >= 0.6 is 35.0 Å². The molecule has 26 heavy (non-hydrogen) atoms. The molecule has 0 saturated carbocycles. The summed E-state index contributed by atoms with van der Waals surface area (Å²) in [7, 11) is 0. The number of aromatic nitrogens is 4. The van der Waals surface area contributed by atoms with Gasteiger partial charge in [-0.25, -0.2) is 0 Å². The van der Waals surface area contributed by atoms with Gasteiger partial charge in [0.2, 0.25) is 0 Å². The van der Waals surface area contributed by atoms with E-state index in [1.54, 1.807) is 16.3 Å². The molecule has 8 heteroatoms. The van der Waals surface area contributed by atoms with Crippen molar-refractivity contribution in [3.8, 4) is 0 Å². The Morgan fingerprint density at radius 3 is 2.69 bits per heavy atom. The number of halogens is 2. The Kier molecular flexibility index (Phi) is 4.97. The first kappa shape index (κ1) is 17.1. The second-order valence-corrected chi connectivity index (χ2v) is 7.32. The van der Waals surface area contributed by atoms with Crippen LogP contribution in [0.15, 0.2) is 65.6 Å². The molecule has 0 amide bonds. The fraction of sp³-hybridized carbons (Fsp3) is 0.0556. The molecule has 130 valence electrons. The van der Waals surface area contributed by atoms with Crippen LogP contribution in [0.3, 0.4) is 0 Å². The molecule has 0 fully saturated rings. The van der Waals surface area contributed by atoms with Crippen LogP contribution < -0.4 is 5.32 Å². The highest BCUT2D eigenvalue weighted by Crippen LogP contribution is 2.29. The van der Waals surface area contributed by atoms with Gasteiger partial charge >= 0.3 is 0 Å². The lowest BCUT2D eigenvalue weighted by Gasteiger charge is -2.07. The highest BCUT2D eigenvalue weighted by molar-refractivity contribution is 7.98. The molecule has 5 nitrogen and oxygen atoms in total. The summed E-state index contributed by atoms with van der Waals surface area (Å²) in [4.78, 5) is 0.999. The summed E-state index contributed by atoms with van der Waals surface area (Å²) in [5.74, 6) is 2.04. The Bertz CT molecular complexity index is 1070. The van der Waals surface area contributed by atoms with Crippen molar-refractivity contribution in [3.63, 3.8) is 0 Å². The zero-order valence-electron chi connectivity index (χ0n) is 13.4. The van der Waals surface area contributed by atoms with Crippen LogP contribution in [0.1, 0.15) is 5.82 Å². The zero-order valence-corrected chi connectivity index (χ0v) is 15.8. The van der Waals surface area contributed by atoms with Crippen LogP contribution in [0.4, 0.5) is 11.5 Å². The van der Waals surface area contributed by atoms with E-state index in [-0.39, 0.29) is 0 Å². The molecule has 0 spiro atoms. The van der Waals surface area contributed by atoms with Crippen molar-refractivity contribution in [3.05, 3.63) is 76.5 Å². The third-order valence-corrected chi connectivity index (χ3v) is 5.36. The van der Waals surface area contributed by atoms with E-state index >= 15 is 0 Å². The minimum Gasteiger partial charge on any atom is -0.339 e. The first-order valence-corrected chi connectivity index (χ1v) is 9.54. The van der Waals surface area contributed by atoms with Gasteiger partial charge in [-0.3, -0.25) is 0 Å². The lowest BCUT2D eigenvalue weighted by molar-refractivity contribution is 0.871. The van der Waals surface area contributed by atoms with Crippen molar-refractivity contribution in [1.82, 2.24) is 19.8 Å². The molecule has 2 heterocycles. The second kappa shape index (κ2) is 7.53. The summed E-state index contributed by atoms with van der Waals surface area (Å²) < 4.78 is 1.73. The fourth-order valence-electron chi connectivity index (χ4n) is 2.41. The van der Waals surface area contributed by atoms with E-state index in [9.17, 15) is 0 Å². The molecule has 0 aliphatic heterocycles. The number of fused-ring (bicyclic) bond motifs is 1. The Morgan fingerprint density at radius 1 is 0.962 bits per heavy atom. The van der Waals surface area contributed by atoms with Gasteiger partial charge in [-0.15, -0.1) is 27.1 Å². The maximum atomic E-state index is 6.21. The van der Waals surface area contributed by atoms with Gasteiger partial charge in [-0.05, 0) is 42.5 Å². The first-order valence-electron chi connectivity index (χ1n) is 7.80. The fourth-order valence-corrected chi connectivity index (χ4v) is 3.74. The van der Waals surface area contributed by atoms with Crippen molar-refractivity contribution in [2.75, 3.05) is 5.32 Å². The van der Waals surface area contributed by atoms with Crippen LogP contribution in [-0.4, -0.2) is 19.8 Å². The van der Waals surface area contributed by atoms with E-state index in [0.717, 1.165) is 21.4 Å². The van der Waals surface area contributed by atoms with Crippen LogP contribution in [0.25, 0.3) is 5.65 Å². The van der Waals surface area contributed by atoms with Gasteiger partial charge in [0.15, 0.2) is 17.3 Å². The third-order valence-electron chi connectivity index (χ3n) is 3.62. The summed E-state index contributed by atoms with van der Waals surface area (Å²) in [5.41, 5.74) is 1.56. The van der Waals surface area contributed by atoms with Crippen LogP contribution in [0.5, 0.6) is 0 Å². The largest absolute Gasteiger partial charge is 0.339 e. The minimum atomic E-state index is 0.610. The minimum absolute atomic E-state index is 0.610. The molecule has 4 rings (SSSR count). The quantitative estimate of drug-likeness (QED) is 0.449. The normalized spacial score (nSPS) is 11.0. The molecule has 0 bridgehead atoms. The maximum absolute atomic E-state index is 6.21. The zero-order chi connectivity index (χ0) is 17.9. The Morgan fingerprint density at radius 2 is 1.85 bits per heavy atom. The highest BCUT2D eigenvalue weighted by Gasteiger charge is 2.10. The number of nitrogens with one attached hydrogen (secondary N) is 1. The molecular formula is C18H13Cl2N5S. The molecule has 0 aliphatic rings. The van der Waals surface area contributed by atoms with Crippen LogP contribution in [-0.2, 0) is 5.75 Å². The predicted molar refractivity (Wildman–Crippen MR) is 107 cm³/mol. The van der Waals surface area contributed by atoms with E-state index in [1.165, 1.54) is 0 Å². The van der Waals surface area contributed by atoms with E-state index in [4.69, 9.17) is 23.2 Å². The monoisotopic (exact) mass is 401 g/mol. The SMILES string of the molecule is Clc1cccc(Nc2ccc3nnc(CSc4ccccc4Cl)n3n2)c1. The molecule has 0 aliphatic carbocycles. The smallest absolute Gasteiger partial charge is 0.178 e. The summed E-state index contributed by atoms with van der Waals surface area (Å²) in [6, 6.07) is 18.9. The van der Waals surface area contributed by atoms with Gasteiger partial charge < -0.3 is 5.32 Å². The molecule has 0 radical (unpaired) electrons. The van der Waals surface area contributed by atoms with Crippen molar-refractivity contribution >= 4 is 52.1 Å². The summed E-state index contributed by atoms with van der Waals surface area (Å²) in [6.07, 6.45) is 0. The molecule has 2 aromatic heterocycles. The molecular weight excluding hydrogens is 389 g/mol. The molecule has 0 atom stereocenters. The Hall–Kier alpha value is -2.28. The average molecular weight is 402 g/mol. The molecule has 4 aromatic rings. The van der Waals surface area contributed by atoms with E-state index in [1.807, 2.05) is 60.7 Å². The van der Waals surface area contributed by atoms with Crippen molar-refractivity contribution in [1.29, 1.82) is 0 Å². The van der Waals surface area contributed by atoms with E-state index in [2.05, 4.69) is 20.6 Å². The second-order valence-electron chi connectivity index (χ2n) is 5.46.